The van der Waals surface area contributed by atoms with Crippen molar-refractivity contribution in [2.24, 2.45) is 17.6 Å². The first-order valence-electron chi connectivity index (χ1n) is 13.0. The van der Waals surface area contributed by atoms with Gasteiger partial charge < -0.3 is 30.9 Å². The molecule has 210 valence electrons. The molecule has 2 aromatic carbocycles. The van der Waals surface area contributed by atoms with Gasteiger partial charge in [-0.3, -0.25) is 19.3 Å². The lowest BCUT2D eigenvalue weighted by atomic mass is 9.58. The van der Waals surface area contributed by atoms with E-state index in [0.29, 0.717) is 12.0 Å². The number of likely N-dealkylation sites (N-methyl/N-ethyl adjacent to an activating group) is 1. The van der Waals surface area contributed by atoms with Crippen molar-refractivity contribution in [1.82, 2.24) is 4.90 Å². The summed E-state index contributed by atoms with van der Waals surface area (Å²) in [4.78, 5) is 41.0. The second-order valence-electron chi connectivity index (χ2n) is 10.8. The normalized spacial score (nSPS) is 26.0. The van der Waals surface area contributed by atoms with Crippen LogP contribution in [0.25, 0.3) is 11.1 Å². The van der Waals surface area contributed by atoms with Crippen molar-refractivity contribution in [3.05, 3.63) is 69.7 Å². The van der Waals surface area contributed by atoms with Crippen LogP contribution in [-0.2, 0) is 22.4 Å². The number of fused-ring (bicyclic) bond motifs is 3. The maximum absolute atomic E-state index is 13.9. The maximum Gasteiger partial charge on any atom is 0.255 e. The van der Waals surface area contributed by atoms with Gasteiger partial charge in [-0.1, -0.05) is 19.1 Å². The number of hydrogen-bond acceptors (Lipinski definition) is 9. The molecule has 0 aromatic heterocycles. The predicted molar refractivity (Wildman–Crippen MR) is 145 cm³/mol. The number of nitrogens with two attached hydrogens (primary N) is 1. The van der Waals surface area contributed by atoms with Gasteiger partial charge in [0.2, 0.25) is 5.78 Å². The molecular formula is C30H32N2O8. The number of hydrogen-bond donors (Lipinski definition) is 5. The number of methoxy groups -OCH3 is 1. The van der Waals surface area contributed by atoms with Crippen LogP contribution in [0.2, 0.25) is 0 Å². The van der Waals surface area contributed by atoms with Crippen molar-refractivity contribution in [2.75, 3.05) is 21.2 Å². The molecule has 0 bridgehead atoms. The molecule has 10 heteroatoms. The lowest BCUT2D eigenvalue weighted by Gasteiger charge is -2.50. The number of phenols is 1. The number of carbonyl (C=O) groups excluding carboxylic acids is 3. The van der Waals surface area contributed by atoms with E-state index < -0.39 is 58.0 Å². The highest BCUT2D eigenvalue weighted by molar-refractivity contribution is 6.24. The number of aromatic hydroxyl groups is 1. The number of carbonyl (C=O) groups is 3. The highest BCUT2D eigenvalue weighted by atomic mass is 16.5. The Balaban J connectivity index is 1.71. The second kappa shape index (κ2) is 9.50. The van der Waals surface area contributed by atoms with Crippen LogP contribution in [0.1, 0.15) is 34.8 Å². The van der Waals surface area contributed by atoms with Gasteiger partial charge in [0.1, 0.15) is 28.6 Å². The minimum atomic E-state index is -2.66. The molecule has 3 aliphatic rings. The van der Waals surface area contributed by atoms with Gasteiger partial charge in [-0.15, -0.1) is 0 Å². The Morgan fingerprint density at radius 1 is 1.15 bits per heavy atom. The molecule has 4 atom stereocenters. The molecule has 0 fully saturated rings. The first-order valence-corrected chi connectivity index (χ1v) is 13.0. The molecule has 6 N–H and O–H groups in total. The molecule has 5 rings (SSSR count). The number of phenolic OH excluding ortho intramolecular Hbond substituents is 1. The van der Waals surface area contributed by atoms with E-state index in [1.54, 1.807) is 27.3 Å². The number of Topliss-reactive ketones (excluding diaryl/α,β-unsaturated/α-hetero) is 2. The standard InChI is InChI=1S/C30H32N2O8/c1-5-13-10-14(6-9-20(13)40-4)16-7-8-19(33)22-17(16)11-15-12-18-24(32(2)3)26(35)23(29(31)38)28(37)30(18,39)27(36)21(15)25(22)34/h6-10,15,18,24,33,35-36,39H,5,11-12H2,1-4H3,(H2,31,38). The molecule has 3 aliphatic carbocycles. The number of primary amides is 1. The third kappa shape index (κ3) is 3.66. The van der Waals surface area contributed by atoms with E-state index >= 15 is 0 Å². The van der Waals surface area contributed by atoms with Crippen LogP contribution in [0.15, 0.2) is 53.0 Å². The topological polar surface area (TPSA) is 171 Å². The summed E-state index contributed by atoms with van der Waals surface area (Å²) in [6, 6.07) is 7.78. The van der Waals surface area contributed by atoms with Crippen molar-refractivity contribution in [1.29, 1.82) is 0 Å². The summed E-state index contributed by atoms with van der Waals surface area (Å²) in [5, 5.41) is 44.9. The average molecular weight is 549 g/mol. The van der Waals surface area contributed by atoms with Crippen molar-refractivity contribution in [2.45, 2.75) is 37.8 Å². The summed E-state index contributed by atoms with van der Waals surface area (Å²) in [6.07, 6.45) is 0.958. The minimum Gasteiger partial charge on any atom is -0.510 e. The summed E-state index contributed by atoms with van der Waals surface area (Å²) in [5.74, 6) is -5.99. The van der Waals surface area contributed by atoms with Crippen molar-refractivity contribution < 1.29 is 39.5 Å². The van der Waals surface area contributed by atoms with Crippen molar-refractivity contribution in [3.8, 4) is 22.6 Å². The fourth-order valence-corrected chi connectivity index (χ4v) is 6.74. The smallest absolute Gasteiger partial charge is 0.255 e. The fraction of sp³-hybridized carbons (Fsp3) is 0.367. The minimum absolute atomic E-state index is 0.0212. The predicted octanol–water partition coefficient (Wildman–Crippen LogP) is 2.36. The van der Waals surface area contributed by atoms with E-state index in [9.17, 15) is 34.8 Å². The van der Waals surface area contributed by atoms with Crippen LogP contribution < -0.4 is 10.5 Å². The lowest BCUT2D eigenvalue weighted by Crippen LogP contribution is -2.63. The Morgan fingerprint density at radius 3 is 2.45 bits per heavy atom. The molecule has 0 heterocycles. The number of allylic oxidation sites excluding steroid dienone is 1. The molecule has 1 amide bonds. The van der Waals surface area contributed by atoms with Gasteiger partial charge in [-0.25, -0.2) is 0 Å². The molecule has 10 nitrogen and oxygen atoms in total. The van der Waals surface area contributed by atoms with Crippen LogP contribution in [-0.4, -0.2) is 75.6 Å². The van der Waals surface area contributed by atoms with Crippen molar-refractivity contribution >= 4 is 17.5 Å². The number of ether oxygens (including phenoxy) is 1. The third-order valence-corrected chi connectivity index (χ3v) is 8.58. The molecule has 4 unspecified atom stereocenters. The summed E-state index contributed by atoms with van der Waals surface area (Å²) >= 11 is 0. The number of aryl methyl sites for hydroxylation is 1. The van der Waals surface area contributed by atoms with Crippen LogP contribution in [0.5, 0.6) is 11.5 Å². The Hall–Kier alpha value is -4.15. The van der Waals surface area contributed by atoms with Crippen LogP contribution in [0.4, 0.5) is 0 Å². The van der Waals surface area contributed by atoms with E-state index in [1.165, 1.54) is 11.0 Å². The number of ketones is 2. The van der Waals surface area contributed by atoms with Crippen molar-refractivity contribution in [3.63, 3.8) is 0 Å². The molecule has 0 aliphatic heterocycles. The highest BCUT2D eigenvalue weighted by Crippen LogP contribution is 2.53. The molecule has 0 saturated heterocycles. The van der Waals surface area contributed by atoms with Gasteiger partial charge in [0, 0.05) is 11.5 Å². The Morgan fingerprint density at radius 2 is 1.85 bits per heavy atom. The van der Waals surface area contributed by atoms with Gasteiger partial charge >= 0.3 is 0 Å². The molecule has 2 aromatic rings. The fourth-order valence-electron chi connectivity index (χ4n) is 6.74. The number of rotatable bonds is 5. The maximum atomic E-state index is 13.9. The van der Waals surface area contributed by atoms with E-state index in [4.69, 9.17) is 10.5 Å². The quantitative estimate of drug-likeness (QED) is 0.352. The molecular weight excluding hydrogens is 516 g/mol. The zero-order valence-corrected chi connectivity index (χ0v) is 22.7. The zero-order valence-electron chi connectivity index (χ0n) is 22.7. The number of nitrogens with zero attached hydrogens (tertiary/aromatic N) is 1. The number of aliphatic hydroxyl groups excluding tert-OH is 2. The molecule has 0 saturated carbocycles. The molecule has 0 radical (unpaired) electrons. The van der Waals surface area contributed by atoms with Gasteiger partial charge in [-0.05, 0) is 79.7 Å². The second-order valence-corrected chi connectivity index (χ2v) is 10.8. The highest BCUT2D eigenvalue weighted by Gasteiger charge is 2.63. The summed E-state index contributed by atoms with van der Waals surface area (Å²) in [5.41, 5.74) is 4.76. The van der Waals surface area contributed by atoms with E-state index in [-0.39, 0.29) is 29.7 Å². The Bertz CT molecular complexity index is 1540. The molecule has 0 spiro atoms. The summed E-state index contributed by atoms with van der Waals surface area (Å²) in [6.45, 7) is 2.00. The van der Waals surface area contributed by atoms with E-state index in [2.05, 4.69) is 0 Å². The number of benzene rings is 2. The van der Waals surface area contributed by atoms with Crippen LogP contribution in [0.3, 0.4) is 0 Å². The van der Waals surface area contributed by atoms with Gasteiger partial charge in [-0.2, -0.15) is 0 Å². The van der Waals surface area contributed by atoms with E-state index in [0.717, 1.165) is 22.4 Å². The summed E-state index contributed by atoms with van der Waals surface area (Å²) < 4.78 is 5.45. The van der Waals surface area contributed by atoms with Crippen LogP contribution >= 0.6 is 0 Å². The first-order chi connectivity index (χ1) is 18.9. The average Bonchev–Trinajstić information content (AvgIpc) is 2.90. The first kappa shape index (κ1) is 27.4. The largest absolute Gasteiger partial charge is 0.510 e. The summed E-state index contributed by atoms with van der Waals surface area (Å²) in [7, 11) is 4.78. The molecule has 40 heavy (non-hydrogen) atoms. The third-order valence-electron chi connectivity index (χ3n) is 8.58. The van der Waals surface area contributed by atoms with Gasteiger partial charge in [0.05, 0.1) is 18.7 Å². The van der Waals surface area contributed by atoms with Crippen LogP contribution in [0, 0.1) is 11.8 Å². The monoisotopic (exact) mass is 548 g/mol. The Kier molecular flexibility index (Phi) is 6.51. The Labute approximate surface area is 231 Å². The number of amides is 1. The zero-order chi connectivity index (χ0) is 29.3. The SMILES string of the molecule is CCc1cc(-c2ccc(O)c3c2CC2CC4C(N(C)C)C(O)=C(C(N)=O)C(=O)C4(O)C(O)=C2C3=O)ccc1OC. The lowest BCUT2D eigenvalue weighted by molar-refractivity contribution is -0.148. The van der Waals surface area contributed by atoms with Gasteiger partial charge in [0.25, 0.3) is 5.91 Å². The van der Waals surface area contributed by atoms with E-state index in [1.807, 2.05) is 25.1 Å². The number of aliphatic hydroxyl groups is 3. The van der Waals surface area contributed by atoms with Gasteiger partial charge in [0.15, 0.2) is 11.4 Å².